The van der Waals surface area contributed by atoms with E-state index in [4.69, 9.17) is 4.74 Å². The summed E-state index contributed by atoms with van der Waals surface area (Å²) in [4.78, 5) is 0. The molecule has 0 bridgehead atoms. The van der Waals surface area contributed by atoms with Crippen molar-refractivity contribution >= 4 is 0 Å². The number of halogens is 1. The van der Waals surface area contributed by atoms with E-state index in [1.807, 2.05) is 12.1 Å². The number of benzene rings is 2. The van der Waals surface area contributed by atoms with Gasteiger partial charge in [-0.1, -0.05) is 37.3 Å². The number of aryl methyl sites for hydroxylation is 1. The Morgan fingerprint density at radius 1 is 1.05 bits per heavy atom. The normalized spacial score (nSPS) is 9.75. The monoisotopic (exact) mass is 268 g/mol. The van der Waals surface area contributed by atoms with Crippen molar-refractivity contribution in [3.63, 3.8) is 0 Å². The van der Waals surface area contributed by atoms with Crippen molar-refractivity contribution in [2.75, 3.05) is 7.11 Å². The second-order valence-corrected chi connectivity index (χ2v) is 4.54. The summed E-state index contributed by atoms with van der Waals surface area (Å²) < 4.78 is 18.7. The van der Waals surface area contributed by atoms with Gasteiger partial charge in [0.2, 0.25) is 0 Å². The minimum Gasteiger partial charge on any atom is -0.497 e. The maximum atomic E-state index is 13.7. The van der Waals surface area contributed by atoms with Crippen LogP contribution in [0.25, 0.3) is 0 Å². The van der Waals surface area contributed by atoms with Crippen molar-refractivity contribution in [2.24, 2.45) is 0 Å². The lowest BCUT2D eigenvalue weighted by Crippen LogP contribution is -1.88. The molecule has 2 heteroatoms. The zero-order valence-corrected chi connectivity index (χ0v) is 11.7. The van der Waals surface area contributed by atoms with Gasteiger partial charge in [-0.05, 0) is 36.2 Å². The first-order valence-electron chi connectivity index (χ1n) is 6.67. The molecule has 2 aromatic carbocycles. The smallest absolute Gasteiger partial charge is 0.142 e. The molecular weight excluding hydrogens is 251 g/mol. The van der Waals surface area contributed by atoms with Crippen LogP contribution in [0.3, 0.4) is 0 Å². The van der Waals surface area contributed by atoms with Gasteiger partial charge in [0.1, 0.15) is 11.6 Å². The lowest BCUT2D eigenvalue weighted by molar-refractivity contribution is 0.411. The average molecular weight is 268 g/mol. The van der Waals surface area contributed by atoms with E-state index in [1.165, 1.54) is 18.7 Å². The van der Waals surface area contributed by atoms with Gasteiger partial charge in [0.15, 0.2) is 0 Å². The lowest BCUT2D eigenvalue weighted by Gasteiger charge is -2.00. The summed E-state index contributed by atoms with van der Waals surface area (Å²) in [5, 5.41) is 0. The Morgan fingerprint density at radius 2 is 1.80 bits per heavy atom. The number of rotatable bonds is 3. The maximum absolute atomic E-state index is 13.7. The maximum Gasteiger partial charge on any atom is 0.142 e. The average Bonchev–Trinajstić information content (AvgIpc) is 2.48. The van der Waals surface area contributed by atoms with Gasteiger partial charge in [-0.2, -0.15) is 0 Å². The van der Waals surface area contributed by atoms with Gasteiger partial charge in [0.25, 0.3) is 0 Å². The molecule has 0 heterocycles. The third kappa shape index (κ3) is 3.61. The molecule has 0 saturated heterocycles. The van der Waals surface area contributed by atoms with Gasteiger partial charge < -0.3 is 4.74 Å². The topological polar surface area (TPSA) is 9.23 Å². The van der Waals surface area contributed by atoms with Crippen LogP contribution in [0.4, 0.5) is 4.39 Å². The third-order valence-electron chi connectivity index (χ3n) is 3.01. The molecule has 0 aliphatic carbocycles. The van der Waals surface area contributed by atoms with Crippen LogP contribution in [0, 0.1) is 17.7 Å². The van der Waals surface area contributed by atoms with E-state index < -0.39 is 0 Å². The Bertz CT molecular complexity index is 633. The highest BCUT2D eigenvalue weighted by Crippen LogP contribution is 2.15. The van der Waals surface area contributed by atoms with Crippen LogP contribution in [0.5, 0.6) is 5.75 Å². The lowest BCUT2D eigenvalue weighted by atomic mass is 10.1. The molecule has 0 saturated carbocycles. The van der Waals surface area contributed by atoms with Gasteiger partial charge in [-0.3, -0.25) is 0 Å². The molecule has 0 unspecified atom stereocenters. The molecule has 0 aromatic heterocycles. The Morgan fingerprint density at radius 3 is 2.40 bits per heavy atom. The minimum atomic E-state index is -0.362. The molecule has 2 rings (SSSR count). The van der Waals surface area contributed by atoms with Crippen molar-refractivity contribution in [2.45, 2.75) is 19.8 Å². The van der Waals surface area contributed by atoms with Crippen LogP contribution < -0.4 is 4.74 Å². The van der Waals surface area contributed by atoms with Crippen molar-refractivity contribution in [1.82, 2.24) is 0 Å². The first-order chi connectivity index (χ1) is 9.72. The first-order valence-corrected chi connectivity index (χ1v) is 6.67. The van der Waals surface area contributed by atoms with Crippen molar-refractivity contribution in [3.8, 4) is 17.6 Å². The number of hydrogen-bond acceptors (Lipinski definition) is 1. The largest absolute Gasteiger partial charge is 0.497 e. The van der Waals surface area contributed by atoms with Crippen LogP contribution in [-0.4, -0.2) is 7.11 Å². The Hall–Kier alpha value is -2.27. The zero-order valence-electron chi connectivity index (χ0n) is 11.7. The molecule has 20 heavy (non-hydrogen) atoms. The van der Waals surface area contributed by atoms with E-state index in [0.717, 1.165) is 18.4 Å². The van der Waals surface area contributed by atoms with E-state index in [-0.39, 0.29) is 5.82 Å². The SMILES string of the molecule is CCCc1ccc(C#Cc2ccc(OC)cc2F)cc1. The predicted molar refractivity (Wildman–Crippen MR) is 79.4 cm³/mol. The predicted octanol–water partition coefficient (Wildman–Crippen LogP) is 4.19. The zero-order chi connectivity index (χ0) is 14.4. The molecule has 1 nitrogen and oxygen atoms in total. The van der Waals surface area contributed by atoms with E-state index in [0.29, 0.717) is 11.3 Å². The molecule has 0 radical (unpaired) electrons. The van der Waals surface area contributed by atoms with Gasteiger partial charge in [0.05, 0.1) is 12.7 Å². The molecule has 102 valence electrons. The highest BCUT2D eigenvalue weighted by molar-refractivity contribution is 5.45. The van der Waals surface area contributed by atoms with Crippen LogP contribution in [0.2, 0.25) is 0 Å². The van der Waals surface area contributed by atoms with Crippen LogP contribution in [-0.2, 0) is 6.42 Å². The quantitative estimate of drug-likeness (QED) is 0.759. The van der Waals surface area contributed by atoms with Crippen molar-refractivity contribution in [3.05, 3.63) is 65.0 Å². The van der Waals surface area contributed by atoms with E-state index in [2.05, 4.69) is 30.9 Å². The fourth-order valence-electron chi connectivity index (χ4n) is 1.91. The number of methoxy groups -OCH3 is 1. The summed E-state index contributed by atoms with van der Waals surface area (Å²) in [6.07, 6.45) is 2.20. The second-order valence-electron chi connectivity index (χ2n) is 4.54. The number of hydrogen-bond donors (Lipinski definition) is 0. The molecule has 0 aliphatic rings. The van der Waals surface area contributed by atoms with Crippen LogP contribution in [0.1, 0.15) is 30.0 Å². The Kier molecular flexibility index (Phi) is 4.79. The van der Waals surface area contributed by atoms with Crippen LogP contribution in [0.15, 0.2) is 42.5 Å². The van der Waals surface area contributed by atoms with E-state index >= 15 is 0 Å². The van der Waals surface area contributed by atoms with Gasteiger partial charge >= 0.3 is 0 Å². The third-order valence-corrected chi connectivity index (χ3v) is 3.01. The summed E-state index contributed by atoms with van der Waals surface area (Å²) in [5.74, 6) is 5.96. The molecule has 0 atom stereocenters. The summed E-state index contributed by atoms with van der Waals surface area (Å²) in [7, 11) is 1.51. The molecule has 0 N–H and O–H groups in total. The molecular formula is C18H17FO. The molecule has 0 amide bonds. The highest BCUT2D eigenvalue weighted by atomic mass is 19.1. The summed E-state index contributed by atoms with van der Waals surface area (Å²) in [5.41, 5.74) is 2.57. The molecule has 0 fully saturated rings. The Labute approximate surface area is 119 Å². The molecule has 0 spiro atoms. The summed E-state index contributed by atoms with van der Waals surface area (Å²) in [6, 6.07) is 12.8. The van der Waals surface area contributed by atoms with Gasteiger partial charge in [-0.25, -0.2) is 4.39 Å². The molecule has 2 aromatic rings. The number of ether oxygens (including phenoxy) is 1. The fraction of sp³-hybridized carbons (Fsp3) is 0.222. The van der Waals surface area contributed by atoms with Crippen LogP contribution >= 0.6 is 0 Å². The highest BCUT2D eigenvalue weighted by Gasteiger charge is 2.00. The van der Waals surface area contributed by atoms with Crippen molar-refractivity contribution < 1.29 is 9.13 Å². The van der Waals surface area contributed by atoms with E-state index in [1.54, 1.807) is 12.1 Å². The van der Waals surface area contributed by atoms with E-state index in [9.17, 15) is 4.39 Å². The molecule has 0 aliphatic heterocycles. The minimum absolute atomic E-state index is 0.362. The standard InChI is InChI=1S/C18H17FO/c1-3-4-14-5-7-15(8-6-14)9-10-16-11-12-17(20-2)13-18(16)19/h5-8,11-13H,3-4H2,1-2H3. The second kappa shape index (κ2) is 6.77. The van der Waals surface area contributed by atoms with Gasteiger partial charge in [0, 0.05) is 11.6 Å². The summed E-state index contributed by atoms with van der Waals surface area (Å²) >= 11 is 0. The summed E-state index contributed by atoms with van der Waals surface area (Å²) in [6.45, 7) is 2.15. The first kappa shape index (κ1) is 14.1. The van der Waals surface area contributed by atoms with Gasteiger partial charge in [-0.15, -0.1) is 0 Å². The fourth-order valence-corrected chi connectivity index (χ4v) is 1.91. The van der Waals surface area contributed by atoms with Crippen molar-refractivity contribution in [1.29, 1.82) is 0 Å². The Balaban J connectivity index is 2.17.